The Labute approximate surface area is 97.4 Å². The molecule has 0 bridgehead atoms. The Kier molecular flexibility index (Phi) is 8.42. The average molecular weight is 258 g/mol. The van der Waals surface area contributed by atoms with Crippen LogP contribution in [-0.4, -0.2) is 39.3 Å². The third-order valence-corrected chi connectivity index (χ3v) is 3.58. The molecule has 0 saturated carbocycles. The summed E-state index contributed by atoms with van der Waals surface area (Å²) < 4.78 is 30.5. The van der Waals surface area contributed by atoms with Crippen molar-refractivity contribution in [3.63, 3.8) is 0 Å². The minimum Gasteiger partial charge on any atom is -0.381 e. The molecule has 0 saturated heterocycles. The van der Waals surface area contributed by atoms with Gasteiger partial charge in [0.1, 0.15) is 0 Å². The van der Waals surface area contributed by atoms with Gasteiger partial charge in [-0.15, -0.1) is 11.6 Å². The van der Waals surface area contributed by atoms with Crippen LogP contribution < -0.4 is 4.72 Å². The van der Waals surface area contributed by atoms with E-state index in [0.717, 1.165) is 12.8 Å². The smallest absolute Gasteiger partial charge is 0.214 e. The van der Waals surface area contributed by atoms with E-state index in [0.29, 0.717) is 12.5 Å². The maximum atomic E-state index is 11.5. The quantitative estimate of drug-likeness (QED) is 0.501. The van der Waals surface area contributed by atoms with Gasteiger partial charge in [0.25, 0.3) is 0 Å². The molecule has 0 aromatic carbocycles. The summed E-state index contributed by atoms with van der Waals surface area (Å²) in [5, 5.41) is 0. The van der Waals surface area contributed by atoms with Crippen LogP contribution in [0.25, 0.3) is 0 Å². The first-order valence-corrected chi connectivity index (χ1v) is 7.34. The van der Waals surface area contributed by atoms with E-state index >= 15 is 0 Å². The highest BCUT2D eigenvalue weighted by Crippen LogP contribution is 2.00. The zero-order valence-electron chi connectivity index (χ0n) is 9.33. The van der Waals surface area contributed by atoms with Crippen molar-refractivity contribution in [3.05, 3.63) is 0 Å². The van der Waals surface area contributed by atoms with Gasteiger partial charge in [0, 0.05) is 18.5 Å². The first-order chi connectivity index (χ1) is 7.02. The first-order valence-electron chi connectivity index (χ1n) is 5.15. The molecule has 0 aliphatic rings. The Hall–Kier alpha value is 0.160. The van der Waals surface area contributed by atoms with Crippen LogP contribution in [0.5, 0.6) is 0 Å². The average Bonchev–Trinajstić information content (AvgIpc) is 2.14. The Balaban J connectivity index is 3.81. The fourth-order valence-corrected chi connectivity index (χ4v) is 2.46. The molecular formula is C9H20ClNO3S. The number of ether oxygens (including phenoxy) is 1. The van der Waals surface area contributed by atoms with Crippen LogP contribution in [0.3, 0.4) is 0 Å². The van der Waals surface area contributed by atoms with E-state index in [1.165, 1.54) is 0 Å². The monoisotopic (exact) mass is 257 g/mol. The number of alkyl halides is 1. The van der Waals surface area contributed by atoms with Crippen molar-refractivity contribution in [1.29, 1.82) is 0 Å². The lowest BCUT2D eigenvalue weighted by molar-refractivity contribution is 0.163. The van der Waals surface area contributed by atoms with Gasteiger partial charge in [0.15, 0.2) is 0 Å². The van der Waals surface area contributed by atoms with Gasteiger partial charge in [-0.3, -0.25) is 0 Å². The van der Waals surface area contributed by atoms with Gasteiger partial charge >= 0.3 is 0 Å². The molecule has 4 nitrogen and oxygen atoms in total. The summed E-state index contributed by atoms with van der Waals surface area (Å²) in [5.74, 6) is 0.580. The van der Waals surface area contributed by atoms with Crippen molar-refractivity contribution < 1.29 is 13.2 Å². The number of rotatable bonds is 9. The molecule has 0 heterocycles. The van der Waals surface area contributed by atoms with E-state index in [1.807, 2.05) is 13.8 Å². The highest BCUT2D eigenvalue weighted by molar-refractivity contribution is 7.89. The Bertz CT molecular complexity index is 244. The number of sulfonamides is 1. The molecule has 0 aliphatic heterocycles. The minimum atomic E-state index is -3.20. The Morgan fingerprint density at radius 2 is 2.13 bits per heavy atom. The second-order valence-corrected chi connectivity index (χ2v) is 5.62. The highest BCUT2D eigenvalue weighted by atomic mass is 35.5. The molecule has 92 valence electrons. The summed E-state index contributed by atoms with van der Waals surface area (Å²) in [5.41, 5.74) is 0. The van der Waals surface area contributed by atoms with Crippen LogP contribution in [0.2, 0.25) is 0 Å². The van der Waals surface area contributed by atoms with Crippen molar-refractivity contribution in [1.82, 2.24) is 4.72 Å². The normalized spacial score (nSPS) is 14.1. The molecule has 0 amide bonds. The summed E-state index contributed by atoms with van der Waals surface area (Å²) in [6.45, 7) is 4.46. The zero-order valence-corrected chi connectivity index (χ0v) is 10.9. The van der Waals surface area contributed by atoms with Crippen molar-refractivity contribution in [2.24, 2.45) is 0 Å². The van der Waals surface area contributed by atoms with Gasteiger partial charge in [-0.1, -0.05) is 0 Å². The molecule has 0 rings (SSSR count). The van der Waals surface area contributed by atoms with Crippen LogP contribution in [-0.2, 0) is 14.8 Å². The minimum absolute atomic E-state index is 0.0199. The van der Waals surface area contributed by atoms with Gasteiger partial charge in [0.2, 0.25) is 10.0 Å². The lowest BCUT2D eigenvalue weighted by Crippen LogP contribution is -2.35. The Morgan fingerprint density at radius 3 is 2.67 bits per heavy atom. The molecule has 0 aliphatic carbocycles. The summed E-state index contributed by atoms with van der Waals surface area (Å²) in [7, 11) is -3.20. The van der Waals surface area contributed by atoms with Crippen LogP contribution in [0.15, 0.2) is 0 Å². The Morgan fingerprint density at radius 1 is 1.47 bits per heavy atom. The molecule has 6 heteroatoms. The van der Waals surface area contributed by atoms with Crippen molar-refractivity contribution in [3.8, 4) is 0 Å². The maximum absolute atomic E-state index is 11.5. The lowest BCUT2D eigenvalue weighted by Gasteiger charge is -2.13. The van der Waals surface area contributed by atoms with Crippen molar-refractivity contribution in [2.45, 2.75) is 32.7 Å². The summed E-state index contributed by atoms with van der Waals surface area (Å²) in [6.07, 6.45) is 1.58. The molecule has 1 N–H and O–H groups in total. The second kappa shape index (κ2) is 8.33. The van der Waals surface area contributed by atoms with Gasteiger partial charge in [-0.2, -0.15) is 0 Å². The topological polar surface area (TPSA) is 55.4 Å². The summed E-state index contributed by atoms with van der Waals surface area (Å²) in [4.78, 5) is 0. The van der Waals surface area contributed by atoms with Gasteiger partial charge < -0.3 is 4.74 Å². The second-order valence-electron chi connectivity index (χ2n) is 3.37. The predicted octanol–water partition coefficient (Wildman–Crippen LogP) is 1.35. The zero-order chi connectivity index (χ0) is 11.7. The number of halogens is 1. The molecule has 1 atom stereocenters. The highest BCUT2D eigenvalue weighted by Gasteiger charge is 2.13. The predicted molar refractivity (Wildman–Crippen MR) is 62.8 cm³/mol. The van der Waals surface area contributed by atoms with Gasteiger partial charge in [0.05, 0.1) is 12.4 Å². The largest absolute Gasteiger partial charge is 0.381 e. The fraction of sp³-hybridized carbons (Fsp3) is 1.00. The fourth-order valence-electron chi connectivity index (χ4n) is 1.12. The molecule has 0 fully saturated rings. The lowest BCUT2D eigenvalue weighted by atomic mass is 10.2. The van der Waals surface area contributed by atoms with Gasteiger partial charge in [-0.25, -0.2) is 13.1 Å². The summed E-state index contributed by atoms with van der Waals surface area (Å²) >= 11 is 5.52. The molecule has 0 aromatic rings. The molecule has 0 aromatic heterocycles. The van der Waals surface area contributed by atoms with Crippen LogP contribution >= 0.6 is 11.6 Å². The third kappa shape index (κ3) is 9.11. The molecule has 1 unspecified atom stereocenters. The molecule has 0 radical (unpaired) electrons. The molecular weight excluding hydrogens is 238 g/mol. The van der Waals surface area contributed by atoms with E-state index in [9.17, 15) is 8.42 Å². The standard InChI is InChI=1S/C9H20ClNO3S/c1-3-14-7-8-15(12,13)11-9(2)5-4-6-10/h9,11H,3-8H2,1-2H3. The molecule has 15 heavy (non-hydrogen) atoms. The van der Waals surface area contributed by atoms with E-state index in [2.05, 4.69) is 4.72 Å². The van der Waals surface area contributed by atoms with E-state index < -0.39 is 10.0 Å². The number of hydrogen-bond acceptors (Lipinski definition) is 3. The number of nitrogens with one attached hydrogen (secondary N) is 1. The van der Waals surface area contributed by atoms with Crippen LogP contribution in [0.4, 0.5) is 0 Å². The van der Waals surface area contributed by atoms with Crippen molar-refractivity contribution >= 4 is 21.6 Å². The summed E-state index contributed by atoms with van der Waals surface area (Å²) in [6, 6.07) is -0.0598. The molecule has 0 spiro atoms. The third-order valence-electron chi connectivity index (χ3n) is 1.85. The van der Waals surface area contributed by atoms with Crippen LogP contribution in [0, 0.1) is 0 Å². The number of hydrogen-bond donors (Lipinski definition) is 1. The van der Waals surface area contributed by atoms with E-state index in [1.54, 1.807) is 0 Å². The first kappa shape index (κ1) is 15.2. The van der Waals surface area contributed by atoms with Crippen LogP contribution in [0.1, 0.15) is 26.7 Å². The maximum Gasteiger partial charge on any atom is 0.214 e. The van der Waals surface area contributed by atoms with E-state index in [4.69, 9.17) is 16.3 Å². The van der Waals surface area contributed by atoms with E-state index in [-0.39, 0.29) is 18.4 Å². The van der Waals surface area contributed by atoms with Gasteiger partial charge in [-0.05, 0) is 26.7 Å². The van der Waals surface area contributed by atoms with Crippen molar-refractivity contribution in [2.75, 3.05) is 24.8 Å². The SMILES string of the molecule is CCOCCS(=O)(=O)NC(C)CCCCl.